The fraction of sp³-hybridized carbons (Fsp3) is 0.158. The molecule has 0 aliphatic carbocycles. The van der Waals surface area contributed by atoms with Crippen LogP contribution in [0.2, 0.25) is 0 Å². The van der Waals surface area contributed by atoms with Gasteiger partial charge in [0.05, 0.1) is 59.2 Å². The molecule has 2 aromatic heterocycles. The summed E-state index contributed by atoms with van der Waals surface area (Å²) >= 11 is 0. The summed E-state index contributed by atoms with van der Waals surface area (Å²) in [7, 11) is -7.55. The summed E-state index contributed by atoms with van der Waals surface area (Å²) in [6.07, 6.45) is 3.54. The zero-order valence-electron chi connectivity index (χ0n) is 28.2. The van der Waals surface area contributed by atoms with Crippen LogP contribution in [-0.2, 0) is 20.0 Å². The lowest BCUT2D eigenvalue weighted by molar-refractivity contribution is 0.111. The number of pyridine rings is 2. The Labute approximate surface area is 306 Å². The minimum Gasteiger partial charge on any atom is -0.490 e. The number of hydrogen-bond donors (Lipinski definition) is 1. The van der Waals surface area contributed by atoms with Crippen molar-refractivity contribution in [1.82, 2.24) is 9.97 Å². The Kier molecular flexibility index (Phi) is 11.6. The topological polar surface area (TPSA) is 186 Å². The fourth-order valence-electron chi connectivity index (χ4n) is 5.11. The van der Waals surface area contributed by atoms with Gasteiger partial charge in [0.15, 0.2) is 29.3 Å². The summed E-state index contributed by atoms with van der Waals surface area (Å²) in [5.74, 6) is 1.95. The van der Waals surface area contributed by atoms with Gasteiger partial charge < -0.3 is 18.9 Å². The number of primary sulfonamides is 1. The molecular formula is C38H34N4O9S2. The molecule has 53 heavy (non-hydrogen) atoms. The maximum absolute atomic E-state index is 12.5. The lowest BCUT2D eigenvalue weighted by Crippen LogP contribution is -2.12. The first-order valence-electron chi connectivity index (χ1n) is 16.4. The molecule has 0 bridgehead atoms. The average molecular weight is 755 g/mol. The van der Waals surface area contributed by atoms with Gasteiger partial charge in [-0.1, -0.05) is 48.5 Å². The molecule has 13 nitrogen and oxygen atoms in total. The number of carbonyl (C=O) groups is 1. The SMILES string of the molecule is NS(=O)(=O)c1ccc2c(c1)OCCCO2.O=Cc1ccc2ccccc2n1.O=S(=O)(N=Cc1ccc2ccccc2n1)c1ccc2c(c1)OCCCO2. The van der Waals surface area contributed by atoms with Gasteiger partial charge in [0, 0.05) is 35.7 Å². The number of ether oxygens (including phenoxy) is 4. The molecule has 0 amide bonds. The van der Waals surface area contributed by atoms with Crippen LogP contribution in [0.4, 0.5) is 0 Å². The van der Waals surface area contributed by atoms with Crippen molar-refractivity contribution in [3.05, 3.63) is 121 Å². The molecule has 0 atom stereocenters. The molecule has 2 aliphatic rings. The van der Waals surface area contributed by atoms with Crippen molar-refractivity contribution in [3.63, 3.8) is 0 Å². The van der Waals surface area contributed by atoms with Crippen LogP contribution >= 0.6 is 0 Å². The zero-order valence-corrected chi connectivity index (χ0v) is 29.8. The highest BCUT2D eigenvalue weighted by Crippen LogP contribution is 2.33. The molecule has 272 valence electrons. The number of rotatable bonds is 5. The largest absolute Gasteiger partial charge is 0.490 e. The van der Waals surface area contributed by atoms with Crippen LogP contribution in [0.15, 0.2) is 123 Å². The number of para-hydroxylation sites is 2. The van der Waals surface area contributed by atoms with E-state index >= 15 is 0 Å². The van der Waals surface area contributed by atoms with Crippen molar-refractivity contribution < 1.29 is 40.6 Å². The third-order valence-corrected chi connectivity index (χ3v) is 9.89. The number of fused-ring (bicyclic) bond motifs is 4. The third kappa shape index (κ3) is 9.71. The van der Waals surface area contributed by atoms with E-state index in [2.05, 4.69) is 14.4 Å². The second-order valence-corrected chi connectivity index (χ2v) is 14.7. The number of benzene rings is 4. The first-order chi connectivity index (χ1) is 25.6. The normalized spacial score (nSPS) is 13.8. The van der Waals surface area contributed by atoms with Gasteiger partial charge >= 0.3 is 0 Å². The third-order valence-electron chi connectivity index (χ3n) is 7.75. The molecular weight excluding hydrogens is 721 g/mol. The first kappa shape index (κ1) is 36.9. The standard InChI is InChI=1S/C19H16N2O4S.C10H7NO.C9H11NO4S/c22-26(23,16-8-9-18-19(12-16)25-11-3-10-24-18)20-13-15-7-6-14-4-1-2-5-17(14)21-15;12-7-9-6-5-8-3-1-2-4-10(8)11-9;10-15(11,12)7-2-3-8-9(6-7)14-5-1-4-13-8/h1-2,4-9,12-13H,3,10-11H2;1-7H;2-3,6H,1,4-5H2,(H2,10,11,12). The molecule has 0 saturated carbocycles. The summed E-state index contributed by atoms with van der Waals surface area (Å²) in [4.78, 5) is 19.0. The maximum atomic E-state index is 12.5. The molecule has 6 aromatic rings. The van der Waals surface area contributed by atoms with E-state index in [4.69, 9.17) is 24.1 Å². The quantitative estimate of drug-likeness (QED) is 0.167. The second kappa shape index (κ2) is 16.6. The van der Waals surface area contributed by atoms with Gasteiger partial charge in [0.25, 0.3) is 10.0 Å². The van der Waals surface area contributed by atoms with Crippen molar-refractivity contribution in [3.8, 4) is 23.0 Å². The molecule has 0 radical (unpaired) electrons. The molecule has 15 heteroatoms. The average Bonchev–Trinajstić information content (AvgIpc) is 3.57. The van der Waals surface area contributed by atoms with Gasteiger partial charge in [-0.3, -0.25) is 4.79 Å². The molecule has 4 aromatic carbocycles. The molecule has 0 unspecified atom stereocenters. The first-order valence-corrected chi connectivity index (χ1v) is 19.4. The Balaban J connectivity index is 0.000000150. The minimum absolute atomic E-state index is 0.0340. The van der Waals surface area contributed by atoms with Crippen molar-refractivity contribution in [2.75, 3.05) is 26.4 Å². The Bertz CT molecular complexity index is 2510. The summed E-state index contributed by atoms with van der Waals surface area (Å²) in [6, 6.07) is 31.4. The number of nitrogens with two attached hydrogens (primary N) is 1. The van der Waals surface area contributed by atoms with E-state index in [1.54, 1.807) is 24.3 Å². The van der Waals surface area contributed by atoms with Crippen LogP contribution in [0, 0.1) is 0 Å². The molecule has 8 rings (SSSR count). The molecule has 0 fully saturated rings. The predicted molar refractivity (Wildman–Crippen MR) is 199 cm³/mol. The van der Waals surface area contributed by atoms with Crippen LogP contribution < -0.4 is 24.1 Å². The van der Waals surface area contributed by atoms with E-state index in [0.717, 1.165) is 40.9 Å². The van der Waals surface area contributed by atoms with Crippen LogP contribution in [0.25, 0.3) is 21.8 Å². The summed E-state index contributed by atoms with van der Waals surface area (Å²) in [5.41, 5.74) is 2.60. The van der Waals surface area contributed by atoms with Crippen LogP contribution in [-0.4, -0.2) is 65.7 Å². The lowest BCUT2D eigenvalue weighted by atomic mass is 10.2. The monoisotopic (exact) mass is 754 g/mol. The number of nitrogens with zero attached hydrogens (tertiary/aromatic N) is 3. The number of carbonyl (C=O) groups excluding carboxylic acids is 1. The van der Waals surface area contributed by atoms with E-state index in [1.165, 1.54) is 30.5 Å². The van der Waals surface area contributed by atoms with Crippen molar-refractivity contribution >= 4 is 54.4 Å². The van der Waals surface area contributed by atoms with E-state index in [9.17, 15) is 21.6 Å². The smallest absolute Gasteiger partial charge is 0.282 e. The lowest BCUT2D eigenvalue weighted by Gasteiger charge is -2.08. The van der Waals surface area contributed by atoms with Gasteiger partial charge in [0.2, 0.25) is 10.0 Å². The Morgan fingerprint density at radius 1 is 0.566 bits per heavy atom. The van der Waals surface area contributed by atoms with Crippen LogP contribution in [0.1, 0.15) is 29.0 Å². The summed E-state index contributed by atoms with van der Waals surface area (Å²) in [5, 5.41) is 7.05. The van der Waals surface area contributed by atoms with Crippen molar-refractivity contribution in [1.29, 1.82) is 0 Å². The Hall–Kier alpha value is -5.90. The number of aromatic nitrogens is 2. The molecule has 2 aliphatic heterocycles. The number of aldehydes is 1. The number of sulfonamides is 2. The molecule has 0 saturated heterocycles. The maximum Gasteiger partial charge on any atom is 0.282 e. The van der Waals surface area contributed by atoms with E-state index < -0.39 is 20.0 Å². The molecule has 2 N–H and O–H groups in total. The van der Waals surface area contributed by atoms with Gasteiger partial charge in [0.1, 0.15) is 5.69 Å². The highest BCUT2D eigenvalue weighted by molar-refractivity contribution is 7.90. The van der Waals surface area contributed by atoms with Gasteiger partial charge in [-0.05, 0) is 48.5 Å². The zero-order chi connectivity index (χ0) is 37.3. The summed E-state index contributed by atoms with van der Waals surface area (Å²) < 4.78 is 72.7. The van der Waals surface area contributed by atoms with Crippen LogP contribution in [0.3, 0.4) is 0 Å². The van der Waals surface area contributed by atoms with E-state index in [-0.39, 0.29) is 9.79 Å². The van der Waals surface area contributed by atoms with E-state index in [0.29, 0.717) is 60.8 Å². The van der Waals surface area contributed by atoms with Crippen molar-refractivity contribution in [2.45, 2.75) is 22.6 Å². The van der Waals surface area contributed by atoms with Gasteiger partial charge in [-0.25, -0.2) is 23.5 Å². The Morgan fingerprint density at radius 3 is 1.58 bits per heavy atom. The predicted octanol–water partition coefficient (Wildman–Crippen LogP) is 5.75. The molecule has 4 heterocycles. The van der Waals surface area contributed by atoms with Crippen LogP contribution in [0.5, 0.6) is 23.0 Å². The highest BCUT2D eigenvalue weighted by Gasteiger charge is 2.18. The summed E-state index contributed by atoms with van der Waals surface area (Å²) in [6.45, 7) is 2.12. The minimum atomic E-state index is -3.86. The van der Waals surface area contributed by atoms with Gasteiger partial charge in [-0.15, -0.1) is 0 Å². The Morgan fingerprint density at radius 2 is 1.04 bits per heavy atom. The molecule has 0 spiro atoms. The highest BCUT2D eigenvalue weighted by atomic mass is 32.2. The van der Waals surface area contributed by atoms with E-state index in [1.807, 2.05) is 60.7 Å². The number of hydrogen-bond acceptors (Lipinski definition) is 11. The van der Waals surface area contributed by atoms with Crippen molar-refractivity contribution in [2.24, 2.45) is 9.54 Å². The second-order valence-electron chi connectivity index (χ2n) is 11.5. The fourth-order valence-corrected chi connectivity index (χ4v) is 6.50. The van der Waals surface area contributed by atoms with Gasteiger partial charge in [-0.2, -0.15) is 12.8 Å².